The maximum atomic E-state index is 13.5. The summed E-state index contributed by atoms with van der Waals surface area (Å²) < 4.78 is 5.30. The van der Waals surface area contributed by atoms with Crippen LogP contribution in [0.3, 0.4) is 0 Å². The highest BCUT2D eigenvalue weighted by Crippen LogP contribution is 2.33. The van der Waals surface area contributed by atoms with Crippen LogP contribution in [-0.2, 0) is 4.79 Å². The Morgan fingerprint density at radius 3 is 2.37 bits per heavy atom. The van der Waals surface area contributed by atoms with Crippen molar-refractivity contribution in [2.45, 2.75) is 12.5 Å². The number of methoxy groups -OCH3 is 1. The first-order valence-electron chi connectivity index (χ1n) is 11.8. The molecule has 1 atom stereocenters. The van der Waals surface area contributed by atoms with E-state index in [0.29, 0.717) is 32.6 Å². The lowest BCUT2D eigenvalue weighted by Crippen LogP contribution is -2.51. The van der Waals surface area contributed by atoms with Gasteiger partial charge in [0.05, 0.1) is 30.3 Å². The molecule has 5 rings (SSSR count). The van der Waals surface area contributed by atoms with Crippen molar-refractivity contribution in [3.63, 3.8) is 0 Å². The Labute approximate surface area is 209 Å². The van der Waals surface area contributed by atoms with Crippen LogP contribution < -0.4 is 4.74 Å². The van der Waals surface area contributed by atoms with Crippen LogP contribution in [0.2, 0.25) is 0 Å². The third kappa shape index (κ3) is 5.13. The molecule has 0 N–H and O–H groups in total. The predicted octanol–water partition coefficient (Wildman–Crippen LogP) is 3.89. The molecule has 35 heavy (non-hydrogen) atoms. The van der Waals surface area contributed by atoms with Crippen LogP contribution in [0.25, 0.3) is 0 Å². The highest BCUT2D eigenvalue weighted by molar-refractivity contribution is 7.12. The number of amides is 2. The molecule has 0 aliphatic carbocycles. The zero-order chi connectivity index (χ0) is 24.2. The molecule has 2 aliphatic heterocycles. The van der Waals surface area contributed by atoms with E-state index in [1.54, 1.807) is 12.1 Å². The van der Waals surface area contributed by atoms with Crippen molar-refractivity contribution in [1.29, 1.82) is 0 Å². The Hall–Kier alpha value is -3.49. The van der Waals surface area contributed by atoms with E-state index in [2.05, 4.69) is 4.90 Å². The third-order valence-electron chi connectivity index (χ3n) is 6.52. The molecule has 1 fully saturated rings. The number of hydrazone groups is 1. The van der Waals surface area contributed by atoms with Gasteiger partial charge < -0.3 is 9.64 Å². The number of benzene rings is 2. The maximum absolute atomic E-state index is 13.5. The molecule has 8 heteroatoms. The number of nitrogens with zero attached hydrogens (tertiary/aromatic N) is 4. The van der Waals surface area contributed by atoms with Gasteiger partial charge in [0.15, 0.2) is 0 Å². The summed E-state index contributed by atoms with van der Waals surface area (Å²) >= 11 is 1.46. The van der Waals surface area contributed by atoms with E-state index in [1.165, 1.54) is 11.3 Å². The van der Waals surface area contributed by atoms with Crippen molar-refractivity contribution in [3.8, 4) is 5.75 Å². The minimum atomic E-state index is -0.162. The van der Waals surface area contributed by atoms with Crippen molar-refractivity contribution in [2.75, 3.05) is 39.8 Å². The fourth-order valence-electron chi connectivity index (χ4n) is 4.56. The minimum absolute atomic E-state index is 0.0326. The normalized spacial score (nSPS) is 18.4. The van der Waals surface area contributed by atoms with Gasteiger partial charge in [-0.05, 0) is 34.7 Å². The van der Waals surface area contributed by atoms with Crippen LogP contribution in [-0.4, -0.2) is 72.2 Å². The second kappa shape index (κ2) is 10.4. The van der Waals surface area contributed by atoms with E-state index in [1.807, 2.05) is 77.0 Å². The molecule has 0 spiro atoms. The third-order valence-corrected chi connectivity index (χ3v) is 7.38. The van der Waals surface area contributed by atoms with Crippen LogP contribution in [0, 0.1) is 0 Å². The molecule has 0 radical (unpaired) electrons. The molecule has 0 saturated carbocycles. The number of rotatable bonds is 6. The highest BCUT2D eigenvalue weighted by atomic mass is 32.1. The first-order valence-corrected chi connectivity index (χ1v) is 12.6. The Balaban J connectivity index is 1.28. The van der Waals surface area contributed by atoms with Gasteiger partial charge in [0, 0.05) is 32.6 Å². The monoisotopic (exact) mass is 488 g/mol. The van der Waals surface area contributed by atoms with Gasteiger partial charge in [0.25, 0.3) is 11.8 Å². The number of piperazine rings is 1. The van der Waals surface area contributed by atoms with E-state index < -0.39 is 0 Å². The number of carbonyl (C=O) groups excluding carboxylic acids is 2. The Kier molecular flexibility index (Phi) is 6.92. The molecular formula is C27H28N4O3S. The van der Waals surface area contributed by atoms with Crippen molar-refractivity contribution in [1.82, 2.24) is 14.8 Å². The van der Waals surface area contributed by atoms with Gasteiger partial charge in [-0.1, -0.05) is 48.5 Å². The van der Waals surface area contributed by atoms with E-state index in [9.17, 15) is 9.59 Å². The molecule has 7 nitrogen and oxygen atoms in total. The summed E-state index contributed by atoms with van der Waals surface area (Å²) in [5.74, 6) is 0.820. The predicted molar refractivity (Wildman–Crippen MR) is 137 cm³/mol. The molecule has 2 amide bonds. The fourth-order valence-corrected chi connectivity index (χ4v) is 5.25. The molecule has 2 aromatic carbocycles. The largest absolute Gasteiger partial charge is 0.497 e. The quantitative estimate of drug-likeness (QED) is 0.528. The second-order valence-electron chi connectivity index (χ2n) is 8.69. The molecule has 3 heterocycles. The average Bonchev–Trinajstić information content (AvgIpc) is 3.60. The lowest BCUT2D eigenvalue weighted by atomic mass is 9.98. The fraction of sp³-hybridized carbons (Fsp3) is 0.296. The van der Waals surface area contributed by atoms with Gasteiger partial charge in [-0.15, -0.1) is 11.3 Å². The summed E-state index contributed by atoms with van der Waals surface area (Å²) in [6, 6.07) is 21.4. The molecule has 1 aromatic heterocycles. The number of hydrogen-bond acceptors (Lipinski definition) is 6. The topological polar surface area (TPSA) is 65.5 Å². The van der Waals surface area contributed by atoms with Crippen LogP contribution >= 0.6 is 11.3 Å². The van der Waals surface area contributed by atoms with Gasteiger partial charge >= 0.3 is 0 Å². The number of thiophene rings is 1. The lowest BCUT2D eigenvalue weighted by Gasteiger charge is -2.35. The van der Waals surface area contributed by atoms with E-state index in [4.69, 9.17) is 9.84 Å². The zero-order valence-electron chi connectivity index (χ0n) is 19.7. The standard InChI is InChI=1S/C27H28N4O3S/c1-34-22-11-9-21(10-12-22)24-18-23(20-6-3-2-4-7-20)28-31(24)26(32)19-29-13-15-30(16-14-29)27(33)25-8-5-17-35-25/h2-12,17,24H,13-16,18-19H2,1H3. The SMILES string of the molecule is COc1ccc(C2CC(c3ccccc3)=NN2C(=O)CN2CCN(C(=O)c3cccs3)CC2)cc1. The van der Waals surface area contributed by atoms with Crippen molar-refractivity contribution < 1.29 is 14.3 Å². The Bertz CT molecular complexity index is 1190. The van der Waals surface area contributed by atoms with Gasteiger partial charge in [0.1, 0.15) is 5.75 Å². The first-order chi connectivity index (χ1) is 17.1. The summed E-state index contributed by atoms with van der Waals surface area (Å²) in [5.41, 5.74) is 2.97. The summed E-state index contributed by atoms with van der Waals surface area (Å²) in [4.78, 5) is 30.8. The average molecular weight is 489 g/mol. The van der Waals surface area contributed by atoms with Crippen LogP contribution in [0.4, 0.5) is 0 Å². The van der Waals surface area contributed by atoms with E-state index in [0.717, 1.165) is 27.5 Å². The van der Waals surface area contributed by atoms with Gasteiger partial charge in [0.2, 0.25) is 0 Å². The van der Waals surface area contributed by atoms with Gasteiger partial charge in [-0.3, -0.25) is 14.5 Å². The molecule has 1 saturated heterocycles. The smallest absolute Gasteiger partial charge is 0.264 e. The summed E-state index contributed by atoms with van der Waals surface area (Å²) in [7, 11) is 1.64. The van der Waals surface area contributed by atoms with E-state index in [-0.39, 0.29) is 24.4 Å². The van der Waals surface area contributed by atoms with Gasteiger partial charge in [-0.25, -0.2) is 5.01 Å². The van der Waals surface area contributed by atoms with Crippen molar-refractivity contribution >= 4 is 28.9 Å². The molecule has 2 aliphatic rings. The maximum Gasteiger partial charge on any atom is 0.264 e. The Morgan fingerprint density at radius 1 is 0.971 bits per heavy atom. The lowest BCUT2D eigenvalue weighted by molar-refractivity contribution is -0.134. The summed E-state index contributed by atoms with van der Waals surface area (Å²) in [5, 5.41) is 8.34. The molecule has 3 aromatic rings. The van der Waals surface area contributed by atoms with E-state index >= 15 is 0 Å². The van der Waals surface area contributed by atoms with Crippen LogP contribution in [0.1, 0.15) is 33.3 Å². The van der Waals surface area contributed by atoms with Crippen molar-refractivity contribution in [3.05, 3.63) is 88.1 Å². The summed E-state index contributed by atoms with van der Waals surface area (Å²) in [6.45, 7) is 2.84. The van der Waals surface area contributed by atoms with Crippen molar-refractivity contribution in [2.24, 2.45) is 5.10 Å². The molecule has 1 unspecified atom stereocenters. The van der Waals surface area contributed by atoms with Gasteiger partial charge in [-0.2, -0.15) is 5.10 Å². The number of hydrogen-bond donors (Lipinski definition) is 0. The molecular weight excluding hydrogens is 460 g/mol. The second-order valence-corrected chi connectivity index (χ2v) is 9.64. The van der Waals surface area contributed by atoms with Crippen LogP contribution in [0.15, 0.2) is 77.2 Å². The molecule has 180 valence electrons. The molecule has 0 bridgehead atoms. The zero-order valence-corrected chi connectivity index (χ0v) is 20.5. The Morgan fingerprint density at radius 2 is 1.71 bits per heavy atom. The first kappa shape index (κ1) is 23.3. The summed E-state index contributed by atoms with van der Waals surface area (Å²) in [6.07, 6.45) is 0.658. The minimum Gasteiger partial charge on any atom is -0.497 e. The van der Waals surface area contributed by atoms with Crippen LogP contribution in [0.5, 0.6) is 5.75 Å². The number of carbonyl (C=O) groups is 2. The number of ether oxygens (including phenoxy) is 1. The highest BCUT2D eigenvalue weighted by Gasteiger charge is 2.34.